The van der Waals surface area contributed by atoms with Crippen LogP contribution in [0.3, 0.4) is 0 Å². The van der Waals surface area contributed by atoms with Crippen LogP contribution in [0.25, 0.3) is 22.4 Å². The highest BCUT2D eigenvalue weighted by Crippen LogP contribution is 2.32. The molecule has 4 aromatic rings. The number of carbonyl (C=O) groups excluding carboxylic acids is 1. The summed E-state index contributed by atoms with van der Waals surface area (Å²) in [5.41, 5.74) is 4.28. The highest BCUT2D eigenvalue weighted by Gasteiger charge is 2.34. The van der Waals surface area contributed by atoms with Gasteiger partial charge in [-0.3, -0.25) is 9.59 Å². The third kappa shape index (κ3) is 4.57. The van der Waals surface area contributed by atoms with E-state index in [1.165, 1.54) is 0 Å². The smallest absolute Gasteiger partial charge is 0.261 e. The normalized spacial score (nSPS) is 17.2. The summed E-state index contributed by atoms with van der Waals surface area (Å²) in [6.45, 7) is 2.75. The fourth-order valence-corrected chi connectivity index (χ4v) is 5.66. The van der Waals surface area contributed by atoms with E-state index in [-0.39, 0.29) is 24.1 Å². The molecule has 4 N–H and O–H groups in total. The van der Waals surface area contributed by atoms with Crippen LogP contribution in [0, 0.1) is 0 Å². The molecular weight excluding hydrogens is 504 g/mol. The maximum Gasteiger partial charge on any atom is 0.261 e. The van der Waals surface area contributed by atoms with Gasteiger partial charge in [0.2, 0.25) is 0 Å². The summed E-state index contributed by atoms with van der Waals surface area (Å²) in [6, 6.07) is 12.8. The van der Waals surface area contributed by atoms with Gasteiger partial charge in [0.1, 0.15) is 11.4 Å². The standard InChI is InChI=1S/C28H29ClN6O3/c1-34-9-6-19(7-10-34)35-15-17-12-22-23(13-20(17)28(35)38)33-26(32-22)25-21(5-8-30-27(25)37)31-14-24(36)16-3-2-4-18(29)11-16/h2-5,8,11-13,19,24,36H,6-7,9-10,14-15H2,1H3,(H,32,33)(H2,30,31,37)/t24-/m1/s1. The number of benzene rings is 2. The van der Waals surface area contributed by atoms with Crippen molar-refractivity contribution >= 4 is 34.2 Å². The SMILES string of the molecule is CN1CCC(N2Cc3cc4[nH]c(-c5c(NC[C@@H](O)c6cccc(Cl)c6)cc[nH]c5=O)nc4cc3C2=O)CC1. The van der Waals surface area contributed by atoms with Gasteiger partial charge in [-0.25, -0.2) is 4.98 Å². The molecular formula is C28H29ClN6O3. The van der Waals surface area contributed by atoms with E-state index in [1.807, 2.05) is 17.0 Å². The van der Waals surface area contributed by atoms with Crippen molar-refractivity contribution in [2.45, 2.75) is 31.5 Å². The average Bonchev–Trinajstić information content (AvgIpc) is 3.46. The molecule has 0 spiro atoms. The molecule has 10 heteroatoms. The Kier molecular flexibility index (Phi) is 6.43. The molecule has 9 nitrogen and oxygen atoms in total. The Hall–Kier alpha value is -3.66. The number of likely N-dealkylation sites (tertiary alicyclic amines) is 1. The van der Waals surface area contributed by atoms with Gasteiger partial charge in [0.25, 0.3) is 11.5 Å². The molecule has 0 unspecified atom stereocenters. The van der Waals surface area contributed by atoms with Gasteiger partial charge in [-0.2, -0.15) is 0 Å². The first kappa shape index (κ1) is 24.7. The van der Waals surface area contributed by atoms with Crippen LogP contribution in [0.5, 0.6) is 0 Å². The Morgan fingerprint density at radius 3 is 2.79 bits per heavy atom. The van der Waals surface area contributed by atoms with Gasteiger partial charge in [-0.05, 0) is 74.4 Å². The van der Waals surface area contributed by atoms with Crippen LogP contribution in [0.15, 0.2) is 53.5 Å². The van der Waals surface area contributed by atoms with E-state index in [4.69, 9.17) is 11.6 Å². The molecule has 0 saturated carbocycles. The molecule has 2 aromatic heterocycles. The molecule has 38 heavy (non-hydrogen) atoms. The maximum absolute atomic E-state index is 13.3. The predicted molar refractivity (Wildman–Crippen MR) is 147 cm³/mol. The molecule has 0 aliphatic carbocycles. The number of aliphatic hydroxyl groups is 1. The lowest BCUT2D eigenvalue weighted by molar-refractivity contribution is 0.0617. The molecule has 1 amide bonds. The Balaban J connectivity index is 1.26. The number of amides is 1. The molecule has 2 aliphatic heterocycles. The van der Waals surface area contributed by atoms with E-state index < -0.39 is 6.10 Å². The van der Waals surface area contributed by atoms with Crippen molar-refractivity contribution in [2.75, 3.05) is 32.0 Å². The van der Waals surface area contributed by atoms with Crippen molar-refractivity contribution in [2.24, 2.45) is 0 Å². The summed E-state index contributed by atoms with van der Waals surface area (Å²) in [6.07, 6.45) is 2.69. The van der Waals surface area contributed by atoms with Crippen molar-refractivity contribution in [1.29, 1.82) is 0 Å². The van der Waals surface area contributed by atoms with Gasteiger partial charge in [-0.15, -0.1) is 0 Å². The second-order valence-corrected chi connectivity index (χ2v) is 10.6. The third-order valence-corrected chi connectivity index (χ3v) is 7.82. The number of halogens is 1. The largest absolute Gasteiger partial charge is 0.387 e. The number of imidazole rings is 1. The number of hydrogen-bond acceptors (Lipinski definition) is 6. The summed E-state index contributed by atoms with van der Waals surface area (Å²) in [5, 5.41) is 14.3. The first-order valence-corrected chi connectivity index (χ1v) is 13.2. The summed E-state index contributed by atoms with van der Waals surface area (Å²) >= 11 is 6.05. The fraction of sp³-hybridized carbons (Fsp3) is 0.321. The van der Waals surface area contributed by atoms with Gasteiger partial charge >= 0.3 is 0 Å². The topological polar surface area (TPSA) is 117 Å². The molecule has 1 saturated heterocycles. The Morgan fingerprint density at radius 1 is 1.18 bits per heavy atom. The fourth-order valence-electron chi connectivity index (χ4n) is 5.46. The molecule has 0 radical (unpaired) electrons. The quantitative estimate of drug-likeness (QED) is 0.300. The van der Waals surface area contributed by atoms with Crippen molar-refractivity contribution in [3.05, 3.63) is 80.7 Å². The molecule has 1 fully saturated rings. The zero-order valence-corrected chi connectivity index (χ0v) is 21.8. The van der Waals surface area contributed by atoms with Gasteiger partial charge in [0.05, 0.1) is 22.8 Å². The van der Waals surface area contributed by atoms with Crippen LogP contribution >= 0.6 is 11.6 Å². The number of H-pyrrole nitrogens is 2. The van der Waals surface area contributed by atoms with E-state index in [1.54, 1.807) is 36.5 Å². The van der Waals surface area contributed by atoms with E-state index in [2.05, 4.69) is 32.2 Å². The van der Waals surface area contributed by atoms with Crippen LogP contribution < -0.4 is 10.9 Å². The number of fused-ring (bicyclic) bond motifs is 2. The zero-order valence-electron chi connectivity index (χ0n) is 21.0. The summed E-state index contributed by atoms with van der Waals surface area (Å²) in [5.74, 6) is 0.445. The molecule has 2 aromatic carbocycles. The molecule has 0 bridgehead atoms. The summed E-state index contributed by atoms with van der Waals surface area (Å²) in [7, 11) is 2.11. The second kappa shape index (κ2) is 9.90. The molecule has 2 aliphatic rings. The first-order valence-electron chi connectivity index (χ1n) is 12.8. The van der Waals surface area contributed by atoms with Crippen LogP contribution in [0.2, 0.25) is 5.02 Å². The number of aromatic nitrogens is 3. The van der Waals surface area contributed by atoms with Crippen molar-refractivity contribution in [1.82, 2.24) is 24.8 Å². The van der Waals surface area contributed by atoms with Gasteiger partial charge in [0, 0.05) is 35.9 Å². The number of aromatic amines is 2. The van der Waals surface area contributed by atoms with Crippen molar-refractivity contribution in [3.8, 4) is 11.4 Å². The van der Waals surface area contributed by atoms with E-state index in [0.717, 1.165) is 37.0 Å². The minimum absolute atomic E-state index is 0.0518. The van der Waals surface area contributed by atoms with Crippen molar-refractivity contribution < 1.29 is 9.90 Å². The number of carbonyl (C=O) groups is 1. The molecule has 4 heterocycles. The highest BCUT2D eigenvalue weighted by molar-refractivity contribution is 6.30. The number of pyridine rings is 1. The number of hydrogen-bond donors (Lipinski definition) is 4. The molecule has 1 atom stereocenters. The van der Waals surface area contributed by atoms with Gasteiger partial charge < -0.3 is 30.2 Å². The highest BCUT2D eigenvalue weighted by atomic mass is 35.5. The average molecular weight is 533 g/mol. The van der Waals surface area contributed by atoms with Gasteiger partial charge in [-0.1, -0.05) is 23.7 Å². The van der Waals surface area contributed by atoms with Gasteiger partial charge in [0.15, 0.2) is 0 Å². The van der Waals surface area contributed by atoms with Crippen molar-refractivity contribution in [3.63, 3.8) is 0 Å². The number of piperidine rings is 1. The second-order valence-electron chi connectivity index (χ2n) is 10.1. The summed E-state index contributed by atoms with van der Waals surface area (Å²) in [4.78, 5) is 41.1. The lowest BCUT2D eigenvalue weighted by Crippen LogP contribution is -2.43. The first-order chi connectivity index (χ1) is 18.4. The Labute approximate surface area is 224 Å². The lowest BCUT2D eigenvalue weighted by atomic mass is 10.0. The lowest BCUT2D eigenvalue weighted by Gasteiger charge is -2.34. The van der Waals surface area contributed by atoms with E-state index >= 15 is 0 Å². The Morgan fingerprint density at radius 2 is 2.00 bits per heavy atom. The monoisotopic (exact) mass is 532 g/mol. The van der Waals surface area contributed by atoms with Crippen LogP contribution in [0.4, 0.5) is 5.69 Å². The Bertz CT molecular complexity index is 1570. The third-order valence-electron chi connectivity index (χ3n) is 7.58. The number of aliphatic hydroxyl groups excluding tert-OH is 1. The maximum atomic E-state index is 13.3. The van der Waals surface area contributed by atoms with Crippen LogP contribution in [0.1, 0.15) is 40.4 Å². The minimum atomic E-state index is -0.821. The number of nitrogens with zero attached hydrogens (tertiary/aromatic N) is 3. The summed E-state index contributed by atoms with van der Waals surface area (Å²) < 4.78 is 0. The molecule has 6 rings (SSSR count). The minimum Gasteiger partial charge on any atom is -0.387 e. The van der Waals surface area contributed by atoms with E-state index in [9.17, 15) is 14.7 Å². The molecule has 196 valence electrons. The van der Waals surface area contributed by atoms with Crippen LogP contribution in [-0.4, -0.2) is 68.5 Å². The number of nitrogens with one attached hydrogen (secondary N) is 3. The van der Waals surface area contributed by atoms with Crippen LogP contribution in [-0.2, 0) is 6.54 Å². The number of anilines is 1. The zero-order chi connectivity index (χ0) is 26.4. The van der Waals surface area contributed by atoms with E-state index in [0.29, 0.717) is 45.3 Å². The number of rotatable bonds is 6. The predicted octanol–water partition coefficient (Wildman–Crippen LogP) is 3.77.